The van der Waals surface area contributed by atoms with Gasteiger partial charge in [0.1, 0.15) is 11.3 Å². The number of hydrogen-bond acceptors (Lipinski definition) is 5. The van der Waals surface area contributed by atoms with Gasteiger partial charge in [0.05, 0.1) is 12.3 Å². The van der Waals surface area contributed by atoms with E-state index in [0.717, 1.165) is 6.42 Å². The average molecular weight is 313 g/mol. The normalized spacial score (nSPS) is 16.5. The minimum absolute atomic E-state index is 0.0180. The molecule has 1 aromatic carbocycles. The Balaban J connectivity index is 2.31. The van der Waals surface area contributed by atoms with Crippen molar-refractivity contribution in [2.75, 3.05) is 6.61 Å². The largest absolute Gasteiger partial charge is 0.422 e. The lowest BCUT2D eigenvalue weighted by Crippen LogP contribution is -2.27. The van der Waals surface area contributed by atoms with Crippen LogP contribution in [0.5, 0.6) is 0 Å². The number of hydroxylamine groups is 1. The molecule has 1 heterocycles. The zero-order valence-corrected chi connectivity index (χ0v) is 13.0. The van der Waals surface area contributed by atoms with Crippen LogP contribution in [0.1, 0.15) is 25.3 Å². The summed E-state index contributed by atoms with van der Waals surface area (Å²) >= 11 is 0. The maximum absolute atomic E-state index is 12.4. The summed E-state index contributed by atoms with van der Waals surface area (Å²) in [4.78, 5) is 29.8. The Morgan fingerprint density at radius 2 is 2.04 bits per heavy atom. The fourth-order valence-corrected chi connectivity index (χ4v) is 2.15. The molecule has 1 aliphatic rings. The van der Waals surface area contributed by atoms with Gasteiger partial charge < -0.3 is 4.74 Å². The maximum Gasteiger partial charge on any atom is 0.349 e. The number of hydrogen-bond donors (Lipinski definition) is 1. The Labute approximate surface area is 135 Å². The van der Waals surface area contributed by atoms with Gasteiger partial charge in [0.2, 0.25) is 0 Å². The third-order valence-corrected chi connectivity index (χ3v) is 3.17. The van der Waals surface area contributed by atoms with Crippen molar-refractivity contribution in [1.82, 2.24) is 5.48 Å². The zero-order valence-electron chi connectivity index (χ0n) is 13.0. The van der Waals surface area contributed by atoms with E-state index in [0.29, 0.717) is 17.7 Å². The topological polar surface area (TPSA) is 64.6 Å². The number of rotatable bonds is 7. The van der Waals surface area contributed by atoms with Crippen LogP contribution in [0, 0.1) is 0 Å². The lowest BCUT2D eigenvalue weighted by molar-refractivity contribution is -0.135. The molecule has 0 atom stereocenters. The molecule has 0 fully saturated rings. The van der Waals surface area contributed by atoms with Gasteiger partial charge in [-0.05, 0) is 6.42 Å². The molecule has 0 aliphatic carbocycles. The van der Waals surface area contributed by atoms with Crippen LogP contribution in [0.15, 0.2) is 60.3 Å². The average Bonchev–Trinajstić information content (AvgIpc) is 2.55. The van der Waals surface area contributed by atoms with Crippen molar-refractivity contribution in [3.8, 4) is 0 Å². The minimum atomic E-state index is -0.672. The second-order valence-corrected chi connectivity index (χ2v) is 4.93. The van der Waals surface area contributed by atoms with Gasteiger partial charge in [-0.25, -0.2) is 4.79 Å². The summed E-state index contributed by atoms with van der Waals surface area (Å²) in [7, 11) is 0. The van der Waals surface area contributed by atoms with Crippen molar-refractivity contribution >= 4 is 17.5 Å². The van der Waals surface area contributed by atoms with Gasteiger partial charge in [-0.1, -0.05) is 49.8 Å². The van der Waals surface area contributed by atoms with Gasteiger partial charge in [0.25, 0.3) is 0 Å². The van der Waals surface area contributed by atoms with Gasteiger partial charge in [-0.2, -0.15) is 0 Å². The Morgan fingerprint density at radius 1 is 1.30 bits per heavy atom. The van der Waals surface area contributed by atoms with Crippen LogP contribution in [0.25, 0.3) is 5.76 Å². The Bertz CT molecular complexity index is 659. The van der Waals surface area contributed by atoms with E-state index < -0.39 is 11.8 Å². The van der Waals surface area contributed by atoms with Crippen molar-refractivity contribution in [1.29, 1.82) is 0 Å². The molecule has 0 radical (unpaired) electrons. The molecular weight excluding hydrogens is 294 g/mol. The highest BCUT2D eigenvalue weighted by atomic mass is 16.6. The summed E-state index contributed by atoms with van der Waals surface area (Å²) < 4.78 is 5.32. The molecule has 5 nitrogen and oxygen atoms in total. The van der Waals surface area contributed by atoms with Crippen molar-refractivity contribution < 1.29 is 19.2 Å². The van der Waals surface area contributed by atoms with Crippen molar-refractivity contribution in [3.63, 3.8) is 0 Å². The molecular formula is C18H19NO4. The number of carbonyl (C=O) groups is 2. The van der Waals surface area contributed by atoms with Crippen LogP contribution in [-0.4, -0.2) is 18.4 Å². The van der Waals surface area contributed by atoms with E-state index in [9.17, 15) is 9.59 Å². The second-order valence-electron chi connectivity index (χ2n) is 4.93. The van der Waals surface area contributed by atoms with E-state index in [-0.39, 0.29) is 17.9 Å². The molecule has 0 saturated carbocycles. The van der Waals surface area contributed by atoms with Gasteiger partial charge in [-0.15, -0.1) is 6.58 Å². The number of ether oxygens (including phenoxy) is 1. The molecule has 0 unspecified atom stereocenters. The molecule has 23 heavy (non-hydrogen) atoms. The molecule has 1 aromatic rings. The van der Waals surface area contributed by atoms with Gasteiger partial charge >= 0.3 is 5.97 Å². The number of benzene rings is 1. The molecule has 120 valence electrons. The Hall–Kier alpha value is -2.66. The predicted octanol–water partition coefficient (Wildman–Crippen LogP) is 2.91. The first-order valence-corrected chi connectivity index (χ1v) is 7.42. The number of cyclic esters (lactones) is 1. The Morgan fingerprint density at radius 3 is 2.65 bits per heavy atom. The third kappa shape index (κ3) is 4.17. The third-order valence-electron chi connectivity index (χ3n) is 3.17. The van der Waals surface area contributed by atoms with Crippen LogP contribution in [-0.2, 0) is 19.2 Å². The fourth-order valence-electron chi connectivity index (χ4n) is 2.15. The Kier molecular flexibility index (Phi) is 5.88. The molecule has 5 heteroatoms. The standard InChI is InChI=1S/C18H19NO4/c1-3-8-14(19-22-11-4-2)17-15(20)12-16(23-18(17)21)13-9-6-5-7-10-13/h4-7,9-10,12,19H,2-3,8,11H2,1H3. The van der Waals surface area contributed by atoms with Crippen molar-refractivity contribution in [3.05, 3.63) is 65.9 Å². The summed E-state index contributed by atoms with van der Waals surface area (Å²) in [5, 5.41) is 0. The summed E-state index contributed by atoms with van der Waals surface area (Å²) in [6.07, 6.45) is 4.15. The van der Waals surface area contributed by atoms with E-state index in [1.54, 1.807) is 18.2 Å². The van der Waals surface area contributed by atoms with Gasteiger partial charge in [-0.3, -0.25) is 15.1 Å². The van der Waals surface area contributed by atoms with E-state index in [1.807, 2.05) is 25.1 Å². The summed E-state index contributed by atoms with van der Waals surface area (Å²) in [6.45, 7) is 5.74. The maximum atomic E-state index is 12.4. The minimum Gasteiger partial charge on any atom is -0.422 e. The van der Waals surface area contributed by atoms with Crippen LogP contribution in [0.3, 0.4) is 0 Å². The second kappa shape index (κ2) is 8.10. The monoisotopic (exact) mass is 313 g/mol. The van der Waals surface area contributed by atoms with Gasteiger partial charge in [0, 0.05) is 11.6 Å². The first kappa shape index (κ1) is 16.7. The highest BCUT2D eigenvalue weighted by molar-refractivity contribution is 6.26. The van der Waals surface area contributed by atoms with Crippen molar-refractivity contribution in [2.24, 2.45) is 0 Å². The zero-order chi connectivity index (χ0) is 16.7. The smallest absolute Gasteiger partial charge is 0.349 e. The highest BCUT2D eigenvalue weighted by Gasteiger charge is 2.30. The lowest BCUT2D eigenvalue weighted by Gasteiger charge is -2.19. The highest BCUT2D eigenvalue weighted by Crippen LogP contribution is 2.25. The number of esters is 1. The van der Waals surface area contributed by atoms with Crippen LogP contribution in [0.2, 0.25) is 0 Å². The molecule has 0 spiro atoms. The summed E-state index contributed by atoms with van der Waals surface area (Å²) in [6, 6.07) is 9.03. The van der Waals surface area contributed by atoms with E-state index in [1.165, 1.54) is 6.08 Å². The van der Waals surface area contributed by atoms with E-state index in [4.69, 9.17) is 9.57 Å². The SMILES string of the molecule is C=CCONC(CCC)=C1C(=O)C=C(c2ccccc2)OC1=O. The molecule has 0 bridgehead atoms. The fraction of sp³-hybridized carbons (Fsp3) is 0.222. The first-order chi connectivity index (χ1) is 11.2. The van der Waals surface area contributed by atoms with Crippen LogP contribution < -0.4 is 5.48 Å². The van der Waals surface area contributed by atoms with E-state index >= 15 is 0 Å². The molecule has 1 aliphatic heterocycles. The summed E-state index contributed by atoms with van der Waals surface area (Å²) in [5.74, 6) is -0.806. The lowest BCUT2D eigenvalue weighted by atomic mass is 10.0. The van der Waals surface area contributed by atoms with Crippen LogP contribution in [0.4, 0.5) is 0 Å². The number of ketones is 1. The first-order valence-electron chi connectivity index (χ1n) is 7.42. The number of nitrogens with one attached hydrogen (secondary N) is 1. The number of carbonyl (C=O) groups excluding carboxylic acids is 2. The molecule has 0 aromatic heterocycles. The van der Waals surface area contributed by atoms with Crippen LogP contribution >= 0.6 is 0 Å². The predicted molar refractivity (Wildman–Crippen MR) is 86.7 cm³/mol. The molecule has 2 rings (SSSR count). The molecule has 0 amide bonds. The van der Waals surface area contributed by atoms with Gasteiger partial charge in [0.15, 0.2) is 5.78 Å². The van der Waals surface area contributed by atoms with Crippen molar-refractivity contribution in [2.45, 2.75) is 19.8 Å². The quantitative estimate of drug-likeness (QED) is 0.209. The molecule has 1 N–H and O–H groups in total. The molecule has 0 saturated heterocycles. The number of allylic oxidation sites excluding steroid dienone is 2. The summed E-state index contributed by atoms with van der Waals surface area (Å²) in [5.41, 5.74) is 3.75. The van der Waals surface area contributed by atoms with E-state index in [2.05, 4.69) is 12.1 Å².